The minimum atomic E-state index is -1.11. The predicted molar refractivity (Wildman–Crippen MR) is 92.4 cm³/mol. The molecule has 0 saturated heterocycles. The maximum absolute atomic E-state index is 12.2. The monoisotopic (exact) mass is 332 g/mol. The molecule has 0 aromatic carbocycles. The molecule has 0 heterocycles. The lowest BCUT2D eigenvalue weighted by molar-refractivity contribution is -0.169. The number of hydrogen-bond acceptors (Lipinski definition) is 3. The van der Waals surface area contributed by atoms with Crippen LogP contribution in [0.3, 0.4) is 0 Å². The molecular weight excluding hydrogens is 300 g/mol. The van der Waals surface area contributed by atoms with Crippen LogP contribution in [0, 0.1) is 34.5 Å². The lowest BCUT2D eigenvalue weighted by atomic mass is 9.44. The van der Waals surface area contributed by atoms with Crippen molar-refractivity contribution >= 4 is 11.6 Å². The van der Waals surface area contributed by atoms with Gasteiger partial charge in [-0.25, -0.2) is 0 Å². The van der Waals surface area contributed by atoms with E-state index < -0.39 is 5.60 Å². The summed E-state index contributed by atoms with van der Waals surface area (Å²) in [5.41, 5.74) is -1.05. The van der Waals surface area contributed by atoms with Crippen molar-refractivity contribution in [2.45, 2.75) is 84.2 Å². The summed E-state index contributed by atoms with van der Waals surface area (Å²) >= 11 is 0. The fourth-order valence-electron chi connectivity index (χ4n) is 7.64. The Kier molecular flexibility index (Phi) is 3.60. The summed E-state index contributed by atoms with van der Waals surface area (Å²) in [6, 6.07) is 0. The topological polar surface area (TPSA) is 54.4 Å². The molecule has 0 aliphatic heterocycles. The average Bonchev–Trinajstić information content (AvgIpc) is 2.81. The fourth-order valence-corrected chi connectivity index (χ4v) is 7.64. The Labute approximate surface area is 145 Å². The molecule has 0 aromatic rings. The zero-order valence-electron chi connectivity index (χ0n) is 15.4. The van der Waals surface area contributed by atoms with Gasteiger partial charge in [-0.2, -0.15) is 0 Å². The van der Waals surface area contributed by atoms with Crippen LogP contribution in [0.25, 0.3) is 0 Å². The molecule has 0 spiro atoms. The van der Waals surface area contributed by atoms with Crippen molar-refractivity contribution < 1.29 is 14.7 Å². The van der Waals surface area contributed by atoms with Gasteiger partial charge in [0.15, 0.2) is 5.78 Å². The first-order valence-corrected chi connectivity index (χ1v) is 9.97. The van der Waals surface area contributed by atoms with E-state index in [1.165, 1.54) is 6.42 Å². The second-order valence-corrected chi connectivity index (χ2v) is 9.81. The predicted octanol–water partition coefficient (Wildman–Crippen LogP) is 3.92. The Hall–Kier alpha value is -0.700. The molecule has 0 amide bonds. The number of carbonyl (C=O) groups is 2. The van der Waals surface area contributed by atoms with Gasteiger partial charge < -0.3 is 5.11 Å². The SMILES string of the molecule is CC(=O)[C@@]1(O)CC[C@H]2[C@@H]3CC[C@H]4CC(=O)CC[C@]4(C)[C@H]3CC[C@@]21C. The highest BCUT2D eigenvalue weighted by Gasteiger charge is 2.65. The normalized spacial score (nSPS) is 53.9. The smallest absolute Gasteiger partial charge is 0.161 e. The minimum absolute atomic E-state index is 0.0332. The summed E-state index contributed by atoms with van der Waals surface area (Å²) in [6.07, 6.45) is 8.67. The molecule has 134 valence electrons. The standard InChI is InChI=1S/C21H32O3/c1-13(22)21(24)11-8-18-16-5-4-14-12-15(23)6-9-19(14,2)17(16)7-10-20(18,21)3/h14,16-18,24H,4-12H2,1-3H3/t14-,16+,17-,18-,19-,20-,21-/m0/s1. The van der Waals surface area contributed by atoms with Crippen LogP contribution in [0.5, 0.6) is 0 Å². The molecular formula is C21H32O3. The summed E-state index contributed by atoms with van der Waals surface area (Å²) < 4.78 is 0. The summed E-state index contributed by atoms with van der Waals surface area (Å²) in [5, 5.41) is 11.2. The van der Waals surface area contributed by atoms with Crippen molar-refractivity contribution in [2.75, 3.05) is 0 Å². The molecule has 0 aromatic heterocycles. The number of aliphatic hydroxyl groups is 1. The maximum atomic E-state index is 12.2. The number of Topliss-reactive ketones (excluding diaryl/α,β-unsaturated/α-hetero) is 2. The van der Waals surface area contributed by atoms with Crippen molar-refractivity contribution in [3.63, 3.8) is 0 Å². The van der Waals surface area contributed by atoms with E-state index >= 15 is 0 Å². The number of rotatable bonds is 1. The van der Waals surface area contributed by atoms with Crippen LogP contribution >= 0.6 is 0 Å². The zero-order valence-corrected chi connectivity index (χ0v) is 15.4. The van der Waals surface area contributed by atoms with Gasteiger partial charge >= 0.3 is 0 Å². The van der Waals surface area contributed by atoms with Crippen molar-refractivity contribution in [3.8, 4) is 0 Å². The zero-order chi connectivity index (χ0) is 17.3. The van der Waals surface area contributed by atoms with Crippen molar-refractivity contribution in [3.05, 3.63) is 0 Å². The molecule has 1 N–H and O–H groups in total. The van der Waals surface area contributed by atoms with Crippen LogP contribution in [0.15, 0.2) is 0 Å². The molecule has 0 bridgehead atoms. The van der Waals surface area contributed by atoms with Gasteiger partial charge in [0.2, 0.25) is 0 Å². The molecule has 4 aliphatic rings. The Morgan fingerprint density at radius 2 is 1.75 bits per heavy atom. The largest absolute Gasteiger partial charge is 0.382 e. The van der Waals surface area contributed by atoms with E-state index in [1.807, 2.05) is 0 Å². The van der Waals surface area contributed by atoms with Gasteiger partial charge in [-0.15, -0.1) is 0 Å². The lowest BCUT2D eigenvalue weighted by Crippen LogP contribution is -2.58. The molecule has 4 aliphatic carbocycles. The van der Waals surface area contributed by atoms with Crippen LogP contribution in [-0.2, 0) is 9.59 Å². The minimum Gasteiger partial charge on any atom is -0.382 e. The summed E-state index contributed by atoms with van der Waals surface area (Å²) in [7, 11) is 0. The third-order valence-electron chi connectivity index (χ3n) is 9.22. The van der Waals surface area contributed by atoms with E-state index in [2.05, 4.69) is 13.8 Å². The van der Waals surface area contributed by atoms with Crippen LogP contribution in [0.4, 0.5) is 0 Å². The molecule has 0 radical (unpaired) electrons. The van der Waals surface area contributed by atoms with Crippen molar-refractivity contribution in [1.82, 2.24) is 0 Å². The van der Waals surface area contributed by atoms with Gasteiger partial charge in [0.05, 0.1) is 0 Å². The first-order valence-electron chi connectivity index (χ1n) is 9.97. The maximum Gasteiger partial charge on any atom is 0.161 e. The Bertz CT molecular complexity index is 584. The van der Waals surface area contributed by atoms with Gasteiger partial charge in [-0.3, -0.25) is 9.59 Å². The van der Waals surface area contributed by atoms with Gasteiger partial charge in [-0.1, -0.05) is 13.8 Å². The van der Waals surface area contributed by atoms with Crippen LogP contribution in [-0.4, -0.2) is 22.3 Å². The van der Waals surface area contributed by atoms with Gasteiger partial charge in [0.1, 0.15) is 11.4 Å². The lowest BCUT2D eigenvalue weighted by Gasteiger charge is -2.60. The van der Waals surface area contributed by atoms with E-state index in [1.54, 1.807) is 6.92 Å². The summed E-state index contributed by atoms with van der Waals surface area (Å²) in [4.78, 5) is 24.2. The van der Waals surface area contributed by atoms with Gasteiger partial charge in [-0.05, 0) is 81.0 Å². The number of hydrogen-bond donors (Lipinski definition) is 1. The van der Waals surface area contributed by atoms with Gasteiger partial charge in [0, 0.05) is 18.3 Å². The highest BCUT2D eigenvalue weighted by atomic mass is 16.3. The Morgan fingerprint density at radius 1 is 1.04 bits per heavy atom. The highest BCUT2D eigenvalue weighted by molar-refractivity contribution is 5.86. The van der Waals surface area contributed by atoms with E-state index in [4.69, 9.17) is 0 Å². The number of carbonyl (C=O) groups excluding carboxylic acids is 2. The quantitative estimate of drug-likeness (QED) is 0.792. The molecule has 24 heavy (non-hydrogen) atoms. The first-order chi connectivity index (χ1) is 11.2. The molecule has 4 saturated carbocycles. The third kappa shape index (κ3) is 1.94. The Morgan fingerprint density at radius 3 is 2.46 bits per heavy atom. The molecule has 7 atom stereocenters. The van der Waals surface area contributed by atoms with E-state index in [0.717, 1.165) is 44.9 Å². The highest BCUT2D eigenvalue weighted by Crippen LogP contribution is 2.68. The molecule has 3 heteroatoms. The molecule has 4 fully saturated rings. The number of ketones is 2. The summed E-state index contributed by atoms with van der Waals surface area (Å²) in [5.74, 6) is 2.78. The van der Waals surface area contributed by atoms with Crippen molar-refractivity contribution in [2.24, 2.45) is 34.5 Å². The first kappa shape index (κ1) is 16.8. The molecule has 3 nitrogen and oxygen atoms in total. The average molecular weight is 332 g/mol. The molecule has 4 rings (SSSR count). The van der Waals surface area contributed by atoms with E-state index in [-0.39, 0.29) is 11.2 Å². The third-order valence-corrected chi connectivity index (χ3v) is 9.22. The second kappa shape index (κ2) is 5.16. The second-order valence-electron chi connectivity index (χ2n) is 9.81. The van der Waals surface area contributed by atoms with Gasteiger partial charge in [0.25, 0.3) is 0 Å². The van der Waals surface area contributed by atoms with Crippen LogP contribution in [0.1, 0.15) is 78.6 Å². The van der Waals surface area contributed by atoms with Crippen molar-refractivity contribution in [1.29, 1.82) is 0 Å². The number of fused-ring (bicyclic) bond motifs is 5. The van der Waals surface area contributed by atoms with E-state index in [9.17, 15) is 14.7 Å². The molecule has 0 unspecified atom stereocenters. The fraction of sp³-hybridized carbons (Fsp3) is 0.905. The van der Waals surface area contributed by atoms with Crippen LogP contribution in [0.2, 0.25) is 0 Å². The van der Waals surface area contributed by atoms with Crippen LogP contribution < -0.4 is 0 Å². The Balaban J connectivity index is 1.66. The van der Waals surface area contributed by atoms with E-state index in [0.29, 0.717) is 41.3 Å². The summed E-state index contributed by atoms with van der Waals surface area (Å²) in [6.45, 7) is 6.20.